The molecule has 3 rings (SSSR count). The van der Waals surface area contributed by atoms with Crippen molar-refractivity contribution in [2.24, 2.45) is 0 Å². The number of hydrogen-bond donors (Lipinski definition) is 1. The normalized spacial score (nSPS) is 13.1. The van der Waals surface area contributed by atoms with E-state index in [2.05, 4.69) is 15.9 Å². The van der Waals surface area contributed by atoms with E-state index < -0.39 is 7.82 Å². The van der Waals surface area contributed by atoms with Crippen LogP contribution in [0.15, 0.2) is 83.3 Å². The first kappa shape index (κ1) is 16.8. The summed E-state index contributed by atoms with van der Waals surface area (Å²) in [7, 11) is -4.26. The van der Waals surface area contributed by atoms with E-state index in [1.54, 1.807) is 42.5 Å². The first-order valence-corrected chi connectivity index (χ1v) is 9.44. The molecule has 3 aromatic rings. The second-order valence-corrected chi connectivity index (χ2v) is 7.13. The number of phosphoric ester groups is 1. The van der Waals surface area contributed by atoms with Crippen molar-refractivity contribution in [1.82, 2.24) is 0 Å². The molecular formula is C18H14BrO4P. The van der Waals surface area contributed by atoms with E-state index in [1.807, 2.05) is 36.4 Å². The van der Waals surface area contributed by atoms with Gasteiger partial charge in [-0.25, -0.2) is 4.57 Å². The molecule has 3 aromatic carbocycles. The van der Waals surface area contributed by atoms with Crippen LogP contribution in [-0.2, 0) is 4.57 Å². The minimum absolute atomic E-state index is 0.239. The number of phosphoric acid groups is 1. The molecule has 0 aliphatic carbocycles. The van der Waals surface area contributed by atoms with Crippen molar-refractivity contribution in [3.63, 3.8) is 0 Å². The fraction of sp³-hybridized carbons (Fsp3) is 0. The molecule has 1 unspecified atom stereocenters. The molecule has 0 amide bonds. The van der Waals surface area contributed by atoms with Gasteiger partial charge in [-0.2, -0.15) is 0 Å². The van der Waals surface area contributed by atoms with Crippen LogP contribution in [0.2, 0.25) is 0 Å². The Bertz CT molecular complexity index is 869. The quantitative estimate of drug-likeness (QED) is 0.556. The van der Waals surface area contributed by atoms with Gasteiger partial charge in [0.15, 0.2) is 0 Å². The average Bonchev–Trinajstić information content (AvgIpc) is 2.56. The molecule has 0 aromatic heterocycles. The van der Waals surface area contributed by atoms with Crippen LogP contribution in [0.5, 0.6) is 11.5 Å². The van der Waals surface area contributed by atoms with Gasteiger partial charge in [0.1, 0.15) is 11.5 Å². The first-order chi connectivity index (χ1) is 11.5. The zero-order valence-electron chi connectivity index (χ0n) is 12.5. The Morgan fingerprint density at radius 1 is 0.792 bits per heavy atom. The van der Waals surface area contributed by atoms with E-state index in [0.717, 1.165) is 15.6 Å². The molecule has 0 radical (unpaired) electrons. The fourth-order valence-corrected chi connectivity index (χ4v) is 3.56. The lowest BCUT2D eigenvalue weighted by Gasteiger charge is -2.14. The van der Waals surface area contributed by atoms with Gasteiger partial charge in [-0.3, -0.25) is 4.89 Å². The molecule has 0 aliphatic rings. The number of benzene rings is 3. The molecule has 0 bridgehead atoms. The van der Waals surface area contributed by atoms with Gasteiger partial charge in [-0.1, -0.05) is 64.5 Å². The highest BCUT2D eigenvalue weighted by molar-refractivity contribution is 9.10. The Morgan fingerprint density at radius 2 is 1.38 bits per heavy atom. The number of halogens is 1. The third kappa shape index (κ3) is 4.26. The van der Waals surface area contributed by atoms with Crippen LogP contribution >= 0.6 is 23.8 Å². The van der Waals surface area contributed by atoms with Gasteiger partial charge in [0.05, 0.1) is 0 Å². The topological polar surface area (TPSA) is 55.8 Å². The standard InChI is InChI=1S/C18H14BrO4P/c19-18-13-16(11-12-17(18)14-7-3-1-4-8-14)23-24(20,21)22-15-9-5-2-6-10-15/h1-13H,(H,20,21). The minimum atomic E-state index is -4.26. The maximum atomic E-state index is 12.1. The van der Waals surface area contributed by atoms with E-state index in [9.17, 15) is 9.46 Å². The van der Waals surface area contributed by atoms with Crippen molar-refractivity contribution in [2.45, 2.75) is 0 Å². The van der Waals surface area contributed by atoms with Gasteiger partial charge in [0.2, 0.25) is 0 Å². The highest BCUT2D eigenvalue weighted by Gasteiger charge is 2.25. The van der Waals surface area contributed by atoms with Crippen molar-refractivity contribution in [2.75, 3.05) is 0 Å². The lowest BCUT2D eigenvalue weighted by atomic mass is 10.1. The first-order valence-electron chi connectivity index (χ1n) is 7.15. The largest absolute Gasteiger partial charge is 0.584 e. The van der Waals surface area contributed by atoms with E-state index in [0.29, 0.717) is 0 Å². The van der Waals surface area contributed by atoms with E-state index in [4.69, 9.17) is 9.05 Å². The molecule has 0 aliphatic heterocycles. The SMILES string of the molecule is O=P(O)(Oc1ccccc1)Oc1ccc(-c2ccccc2)c(Br)c1. The van der Waals surface area contributed by atoms with Crippen LogP contribution in [-0.4, -0.2) is 4.89 Å². The van der Waals surface area contributed by atoms with E-state index >= 15 is 0 Å². The van der Waals surface area contributed by atoms with Gasteiger partial charge in [0, 0.05) is 4.47 Å². The van der Waals surface area contributed by atoms with Gasteiger partial charge < -0.3 is 9.05 Å². The predicted molar refractivity (Wildman–Crippen MR) is 97.1 cm³/mol. The second kappa shape index (κ2) is 7.22. The summed E-state index contributed by atoms with van der Waals surface area (Å²) in [6.45, 7) is 0. The Balaban J connectivity index is 1.78. The van der Waals surface area contributed by atoms with Crippen LogP contribution in [0.4, 0.5) is 0 Å². The zero-order chi connectivity index (χ0) is 17.0. The molecule has 1 N–H and O–H groups in total. The van der Waals surface area contributed by atoms with Crippen molar-refractivity contribution in [3.8, 4) is 22.6 Å². The van der Waals surface area contributed by atoms with Gasteiger partial charge in [-0.05, 0) is 41.5 Å². The molecule has 0 saturated heterocycles. The summed E-state index contributed by atoms with van der Waals surface area (Å²) in [5, 5.41) is 0. The monoisotopic (exact) mass is 404 g/mol. The van der Waals surface area contributed by atoms with Crippen molar-refractivity contribution >= 4 is 23.8 Å². The summed E-state index contributed by atoms with van der Waals surface area (Å²) < 4.78 is 23.0. The molecule has 0 heterocycles. The maximum Gasteiger partial charge on any atom is 0.584 e. The van der Waals surface area contributed by atoms with Crippen LogP contribution in [0.3, 0.4) is 0 Å². The van der Waals surface area contributed by atoms with E-state index in [1.165, 1.54) is 0 Å². The maximum absolute atomic E-state index is 12.1. The third-order valence-corrected chi connectivity index (χ3v) is 4.75. The highest BCUT2D eigenvalue weighted by atomic mass is 79.9. The number of hydrogen-bond acceptors (Lipinski definition) is 3. The van der Waals surface area contributed by atoms with Gasteiger partial charge >= 0.3 is 7.82 Å². The Morgan fingerprint density at radius 3 is 2.00 bits per heavy atom. The molecule has 0 spiro atoms. The average molecular weight is 405 g/mol. The summed E-state index contributed by atoms with van der Waals surface area (Å²) in [5.41, 5.74) is 1.99. The molecule has 6 heteroatoms. The molecule has 0 saturated carbocycles. The fourth-order valence-electron chi connectivity index (χ4n) is 2.17. The van der Waals surface area contributed by atoms with Crippen molar-refractivity contribution < 1.29 is 18.5 Å². The van der Waals surface area contributed by atoms with Crippen LogP contribution < -0.4 is 9.05 Å². The number of rotatable bonds is 5. The Kier molecular flexibility index (Phi) is 5.05. The molecule has 4 nitrogen and oxygen atoms in total. The van der Waals surface area contributed by atoms with E-state index in [-0.39, 0.29) is 11.5 Å². The molecule has 24 heavy (non-hydrogen) atoms. The van der Waals surface area contributed by atoms with Crippen LogP contribution in [0.25, 0.3) is 11.1 Å². The Labute approximate surface area is 148 Å². The lowest BCUT2D eigenvalue weighted by Crippen LogP contribution is -1.99. The highest BCUT2D eigenvalue weighted by Crippen LogP contribution is 2.45. The molecule has 0 fully saturated rings. The summed E-state index contributed by atoms with van der Waals surface area (Å²) in [6.07, 6.45) is 0. The van der Waals surface area contributed by atoms with Crippen molar-refractivity contribution in [1.29, 1.82) is 0 Å². The predicted octanol–water partition coefficient (Wildman–Crippen LogP) is 5.67. The second-order valence-electron chi connectivity index (χ2n) is 4.97. The number of para-hydroxylation sites is 1. The minimum Gasteiger partial charge on any atom is -0.395 e. The van der Waals surface area contributed by atoms with Crippen molar-refractivity contribution in [3.05, 3.63) is 83.3 Å². The Hall–Kier alpha value is -2.07. The van der Waals surface area contributed by atoms with Crippen LogP contribution in [0.1, 0.15) is 0 Å². The van der Waals surface area contributed by atoms with Gasteiger partial charge in [-0.15, -0.1) is 0 Å². The summed E-state index contributed by atoms with van der Waals surface area (Å²) >= 11 is 3.47. The zero-order valence-corrected chi connectivity index (χ0v) is 15.0. The van der Waals surface area contributed by atoms with Gasteiger partial charge in [0.25, 0.3) is 0 Å². The summed E-state index contributed by atoms with van der Waals surface area (Å²) in [5.74, 6) is 0.506. The summed E-state index contributed by atoms with van der Waals surface area (Å²) in [6, 6.07) is 23.3. The summed E-state index contributed by atoms with van der Waals surface area (Å²) in [4.78, 5) is 9.89. The lowest BCUT2D eigenvalue weighted by molar-refractivity contribution is 0.291. The smallest absolute Gasteiger partial charge is 0.395 e. The molecule has 122 valence electrons. The van der Waals surface area contributed by atoms with Crippen LogP contribution in [0, 0.1) is 0 Å². The molecule has 1 atom stereocenters. The molecular weight excluding hydrogens is 391 g/mol. The third-order valence-electron chi connectivity index (χ3n) is 3.21.